The minimum Gasteiger partial charge on any atom is -0.480 e. The van der Waals surface area contributed by atoms with E-state index in [-0.39, 0.29) is 36.9 Å². The number of ether oxygens (including phenoxy) is 1. The Bertz CT molecular complexity index is 637. The summed E-state index contributed by atoms with van der Waals surface area (Å²) in [4.78, 5) is 39.2. The smallest absolute Gasteiger partial charge is 0.326 e. The molecule has 3 N–H and O–H groups in total. The molecule has 1 aromatic heterocycles. The van der Waals surface area contributed by atoms with Crippen molar-refractivity contribution in [2.75, 3.05) is 11.9 Å². The van der Waals surface area contributed by atoms with Crippen molar-refractivity contribution >= 4 is 34.3 Å². The maximum absolute atomic E-state index is 12.1. The van der Waals surface area contributed by atoms with Crippen molar-refractivity contribution in [3.63, 3.8) is 0 Å². The predicted octanol–water partition coefficient (Wildman–Crippen LogP) is 2.05. The van der Waals surface area contributed by atoms with Crippen LogP contribution in [-0.4, -0.2) is 46.1 Å². The first-order chi connectivity index (χ1) is 12.0. The van der Waals surface area contributed by atoms with Crippen molar-refractivity contribution in [3.8, 4) is 0 Å². The Morgan fingerprint density at radius 1 is 1.31 bits per heavy atom. The molecule has 8 nitrogen and oxygen atoms in total. The number of hydrogen-bond donors (Lipinski definition) is 3. The number of carbonyl (C=O) groups excluding carboxylic acids is 2. The summed E-state index contributed by atoms with van der Waals surface area (Å²) in [7, 11) is 0. The third-order valence-corrected chi connectivity index (χ3v) is 4.03. The maximum atomic E-state index is 12.1. The molecule has 146 valence electrons. The SMILES string of the molecule is CC(C)C(=O)Nc1nc(CC(=O)NC(CCOC(C)(C)C)C(=O)O)cs1. The van der Waals surface area contributed by atoms with Crippen LogP contribution in [0.3, 0.4) is 0 Å². The first kappa shape index (κ1) is 22.0. The summed E-state index contributed by atoms with van der Waals surface area (Å²) in [5.41, 5.74) is 0.103. The molecule has 1 unspecified atom stereocenters. The number of rotatable bonds is 9. The van der Waals surface area contributed by atoms with Gasteiger partial charge in [-0.05, 0) is 20.8 Å². The Morgan fingerprint density at radius 3 is 2.50 bits per heavy atom. The molecule has 2 amide bonds. The lowest BCUT2D eigenvalue weighted by atomic mass is 10.1. The first-order valence-corrected chi connectivity index (χ1v) is 9.27. The maximum Gasteiger partial charge on any atom is 0.326 e. The molecule has 1 atom stereocenters. The average Bonchev–Trinajstić information content (AvgIpc) is 2.91. The van der Waals surface area contributed by atoms with Gasteiger partial charge in [0.05, 0.1) is 17.7 Å². The van der Waals surface area contributed by atoms with E-state index in [2.05, 4.69) is 15.6 Å². The van der Waals surface area contributed by atoms with Gasteiger partial charge in [-0.15, -0.1) is 11.3 Å². The molecular formula is C17H27N3O5S. The molecule has 0 aliphatic carbocycles. The number of anilines is 1. The van der Waals surface area contributed by atoms with Crippen molar-refractivity contribution in [1.29, 1.82) is 0 Å². The van der Waals surface area contributed by atoms with Gasteiger partial charge >= 0.3 is 5.97 Å². The van der Waals surface area contributed by atoms with Gasteiger partial charge < -0.3 is 20.5 Å². The second-order valence-corrected chi connectivity index (χ2v) is 8.03. The van der Waals surface area contributed by atoms with E-state index in [0.717, 1.165) is 0 Å². The van der Waals surface area contributed by atoms with E-state index in [1.807, 2.05) is 20.8 Å². The summed E-state index contributed by atoms with van der Waals surface area (Å²) in [6.45, 7) is 9.39. The number of carbonyl (C=O) groups is 3. The lowest BCUT2D eigenvalue weighted by Gasteiger charge is -2.21. The highest BCUT2D eigenvalue weighted by Gasteiger charge is 2.22. The van der Waals surface area contributed by atoms with E-state index >= 15 is 0 Å². The highest BCUT2D eigenvalue weighted by atomic mass is 32.1. The van der Waals surface area contributed by atoms with Crippen molar-refractivity contribution in [2.45, 2.75) is 59.1 Å². The molecule has 0 aliphatic heterocycles. The van der Waals surface area contributed by atoms with Gasteiger partial charge in [-0.2, -0.15) is 0 Å². The zero-order valence-corrected chi connectivity index (χ0v) is 16.6. The van der Waals surface area contributed by atoms with E-state index in [1.54, 1.807) is 19.2 Å². The van der Waals surface area contributed by atoms with Crippen molar-refractivity contribution in [2.24, 2.45) is 5.92 Å². The Labute approximate surface area is 157 Å². The third-order valence-electron chi connectivity index (χ3n) is 3.22. The lowest BCUT2D eigenvalue weighted by molar-refractivity contribution is -0.142. The van der Waals surface area contributed by atoms with Crippen LogP contribution in [0.4, 0.5) is 5.13 Å². The number of aliphatic carboxylic acids is 1. The quantitative estimate of drug-likeness (QED) is 0.599. The molecule has 0 fully saturated rings. The second kappa shape index (κ2) is 9.63. The topological polar surface area (TPSA) is 118 Å². The second-order valence-electron chi connectivity index (χ2n) is 7.17. The normalized spacial score (nSPS) is 12.7. The number of carboxylic acid groups (broad SMARTS) is 1. The summed E-state index contributed by atoms with van der Waals surface area (Å²) >= 11 is 1.22. The van der Waals surface area contributed by atoms with Crippen LogP contribution >= 0.6 is 11.3 Å². The number of amides is 2. The number of hydrogen-bond acceptors (Lipinski definition) is 6. The molecule has 0 radical (unpaired) electrons. The van der Waals surface area contributed by atoms with Gasteiger partial charge in [0, 0.05) is 24.3 Å². The fourth-order valence-electron chi connectivity index (χ4n) is 1.85. The van der Waals surface area contributed by atoms with Crippen LogP contribution in [0.2, 0.25) is 0 Å². The van der Waals surface area contributed by atoms with Crippen LogP contribution < -0.4 is 10.6 Å². The Hall–Kier alpha value is -2.00. The fraction of sp³-hybridized carbons (Fsp3) is 0.647. The van der Waals surface area contributed by atoms with Gasteiger partial charge in [0.2, 0.25) is 11.8 Å². The minimum absolute atomic E-state index is 0.0576. The van der Waals surface area contributed by atoms with E-state index in [0.29, 0.717) is 10.8 Å². The molecule has 0 bridgehead atoms. The molecule has 1 aromatic rings. The lowest BCUT2D eigenvalue weighted by Crippen LogP contribution is -2.42. The zero-order valence-electron chi connectivity index (χ0n) is 15.8. The van der Waals surface area contributed by atoms with Crippen LogP contribution in [0.5, 0.6) is 0 Å². The molecule has 1 rings (SSSR count). The number of thiazole rings is 1. The van der Waals surface area contributed by atoms with Crippen LogP contribution in [0.15, 0.2) is 5.38 Å². The molecule has 0 saturated heterocycles. The standard InChI is InChI=1S/C17H27N3O5S/c1-10(2)14(22)20-16-18-11(9-26-16)8-13(21)19-12(15(23)24)6-7-25-17(3,4)5/h9-10,12H,6-8H2,1-5H3,(H,19,21)(H,23,24)(H,18,20,22). The summed E-state index contributed by atoms with van der Waals surface area (Å²) in [5.74, 6) is -1.88. The molecule has 1 heterocycles. The molecule has 0 spiro atoms. The van der Waals surface area contributed by atoms with Gasteiger partial charge in [-0.25, -0.2) is 9.78 Å². The first-order valence-electron chi connectivity index (χ1n) is 8.39. The van der Waals surface area contributed by atoms with Crippen molar-refractivity contribution < 1.29 is 24.2 Å². The highest BCUT2D eigenvalue weighted by Crippen LogP contribution is 2.17. The van der Waals surface area contributed by atoms with E-state index < -0.39 is 17.9 Å². The summed E-state index contributed by atoms with van der Waals surface area (Å²) in [6.07, 6.45) is 0.114. The summed E-state index contributed by atoms with van der Waals surface area (Å²) in [5, 5.41) is 16.5. The monoisotopic (exact) mass is 385 g/mol. The molecule has 9 heteroatoms. The van der Waals surface area contributed by atoms with Gasteiger partial charge in [0.1, 0.15) is 6.04 Å². The number of aromatic nitrogens is 1. The summed E-state index contributed by atoms with van der Waals surface area (Å²) in [6, 6.07) is -1.02. The Kier molecular flexibility index (Phi) is 8.16. The van der Waals surface area contributed by atoms with Crippen molar-refractivity contribution in [1.82, 2.24) is 10.3 Å². The van der Waals surface area contributed by atoms with Gasteiger partial charge in [-0.3, -0.25) is 9.59 Å². The number of nitrogens with zero attached hydrogens (tertiary/aromatic N) is 1. The van der Waals surface area contributed by atoms with Gasteiger partial charge in [0.25, 0.3) is 0 Å². The van der Waals surface area contributed by atoms with E-state index in [9.17, 15) is 19.5 Å². The van der Waals surface area contributed by atoms with Gasteiger partial charge in [0.15, 0.2) is 5.13 Å². The Morgan fingerprint density at radius 2 is 1.96 bits per heavy atom. The number of carboxylic acids is 1. The third kappa shape index (κ3) is 8.39. The predicted molar refractivity (Wildman–Crippen MR) is 99.2 cm³/mol. The van der Waals surface area contributed by atoms with Crippen molar-refractivity contribution in [3.05, 3.63) is 11.1 Å². The molecular weight excluding hydrogens is 358 g/mol. The van der Waals surface area contributed by atoms with Crippen LogP contribution in [-0.2, 0) is 25.5 Å². The minimum atomic E-state index is -1.11. The average molecular weight is 385 g/mol. The fourth-order valence-corrected chi connectivity index (χ4v) is 2.56. The number of nitrogens with one attached hydrogen (secondary N) is 2. The molecule has 26 heavy (non-hydrogen) atoms. The van der Waals surface area contributed by atoms with Gasteiger partial charge in [-0.1, -0.05) is 13.8 Å². The van der Waals surface area contributed by atoms with Crippen LogP contribution in [0.25, 0.3) is 0 Å². The van der Waals surface area contributed by atoms with E-state index in [1.165, 1.54) is 11.3 Å². The highest BCUT2D eigenvalue weighted by molar-refractivity contribution is 7.13. The van der Waals surface area contributed by atoms with Crippen LogP contribution in [0, 0.1) is 5.92 Å². The molecule has 0 aromatic carbocycles. The zero-order chi connectivity index (χ0) is 19.9. The van der Waals surface area contributed by atoms with Crippen LogP contribution in [0.1, 0.15) is 46.7 Å². The van der Waals surface area contributed by atoms with E-state index in [4.69, 9.17) is 4.74 Å². The summed E-state index contributed by atoms with van der Waals surface area (Å²) < 4.78 is 5.50. The Balaban J connectivity index is 2.54. The largest absolute Gasteiger partial charge is 0.480 e. The molecule has 0 saturated carbocycles. The molecule has 0 aliphatic rings.